The van der Waals surface area contributed by atoms with Crippen LogP contribution in [0.25, 0.3) is 0 Å². The zero-order valence-corrected chi connectivity index (χ0v) is 12.6. The Hall–Kier alpha value is -1.78. The molecule has 116 valence electrons. The second-order valence-corrected chi connectivity index (χ2v) is 5.74. The minimum atomic E-state index is -0.404. The summed E-state index contributed by atoms with van der Waals surface area (Å²) in [5.74, 6) is 0.0734. The third kappa shape index (κ3) is 4.92. The average molecular weight is 294 g/mol. The Morgan fingerprint density at radius 2 is 2.00 bits per heavy atom. The van der Waals surface area contributed by atoms with Gasteiger partial charge in [-0.25, -0.2) is 9.18 Å². The molecule has 2 rings (SSSR count). The largest absolute Gasteiger partial charge is 0.489 e. The first-order chi connectivity index (χ1) is 10.0. The molecule has 1 aliphatic carbocycles. The predicted molar refractivity (Wildman–Crippen MR) is 81.2 cm³/mol. The Labute approximate surface area is 125 Å². The molecule has 2 amide bonds. The van der Waals surface area contributed by atoms with Crippen LogP contribution in [0.3, 0.4) is 0 Å². The second kappa shape index (κ2) is 7.29. The van der Waals surface area contributed by atoms with E-state index in [1.807, 2.05) is 13.8 Å². The van der Waals surface area contributed by atoms with Gasteiger partial charge >= 0.3 is 6.03 Å². The fourth-order valence-corrected chi connectivity index (χ4v) is 2.55. The van der Waals surface area contributed by atoms with Gasteiger partial charge < -0.3 is 15.4 Å². The lowest BCUT2D eigenvalue weighted by atomic mass is 9.96. The van der Waals surface area contributed by atoms with Crippen molar-refractivity contribution in [3.8, 4) is 5.75 Å². The van der Waals surface area contributed by atoms with Gasteiger partial charge in [-0.15, -0.1) is 0 Å². The monoisotopic (exact) mass is 294 g/mol. The molecule has 0 spiro atoms. The summed E-state index contributed by atoms with van der Waals surface area (Å²) in [6.07, 6.45) is 5.49. The molecular weight excluding hydrogens is 271 g/mol. The van der Waals surface area contributed by atoms with E-state index in [1.165, 1.54) is 24.6 Å². The van der Waals surface area contributed by atoms with E-state index >= 15 is 0 Å². The minimum Gasteiger partial charge on any atom is -0.489 e. The topological polar surface area (TPSA) is 50.4 Å². The molecule has 0 atom stereocenters. The lowest BCUT2D eigenvalue weighted by Crippen LogP contribution is -2.39. The molecule has 0 heterocycles. The number of benzene rings is 1. The molecule has 0 saturated heterocycles. The first-order valence-corrected chi connectivity index (χ1v) is 7.58. The van der Waals surface area contributed by atoms with E-state index in [9.17, 15) is 9.18 Å². The van der Waals surface area contributed by atoms with Crippen LogP contribution < -0.4 is 15.4 Å². The maximum atomic E-state index is 13.4. The van der Waals surface area contributed by atoms with Crippen molar-refractivity contribution in [1.29, 1.82) is 0 Å². The molecule has 5 heteroatoms. The number of rotatable bonds is 4. The predicted octanol–water partition coefficient (Wildman–Crippen LogP) is 4.07. The summed E-state index contributed by atoms with van der Waals surface area (Å²) in [5, 5.41) is 5.63. The quantitative estimate of drug-likeness (QED) is 0.879. The standard InChI is InChI=1S/C16H23FN2O2/c1-11(2)21-15-9-8-12(17)10-14(15)19-16(20)18-13-6-4-3-5-7-13/h8-11,13H,3-7H2,1-2H3,(H2,18,19,20). The number of halogens is 1. The zero-order valence-electron chi connectivity index (χ0n) is 12.6. The van der Waals surface area contributed by atoms with Crippen molar-refractivity contribution in [2.75, 3.05) is 5.32 Å². The Morgan fingerprint density at radius 3 is 2.67 bits per heavy atom. The van der Waals surface area contributed by atoms with E-state index in [1.54, 1.807) is 0 Å². The van der Waals surface area contributed by atoms with Gasteiger partial charge in [-0.05, 0) is 38.8 Å². The van der Waals surface area contributed by atoms with Crippen molar-refractivity contribution in [1.82, 2.24) is 5.32 Å². The van der Waals surface area contributed by atoms with Gasteiger partial charge in [0.05, 0.1) is 11.8 Å². The summed E-state index contributed by atoms with van der Waals surface area (Å²) < 4.78 is 18.9. The molecule has 0 aromatic heterocycles. The Balaban J connectivity index is 1.99. The van der Waals surface area contributed by atoms with Gasteiger partial charge in [0, 0.05) is 12.1 Å². The van der Waals surface area contributed by atoms with E-state index in [-0.39, 0.29) is 18.2 Å². The van der Waals surface area contributed by atoms with Crippen molar-refractivity contribution in [3.63, 3.8) is 0 Å². The van der Waals surface area contributed by atoms with Crippen LogP contribution in [0, 0.1) is 5.82 Å². The number of hydrogen-bond donors (Lipinski definition) is 2. The number of anilines is 1. The fraction of sp³-hybridized carbons (Fsp3) is 0.562. The van der Waals surface area contributed by atoms with Crippen molar-refractivity contribution in [2.24, 2.45) is 0 Å². The summed E-state index contributed by atoms with van der Waals surface area (Å²) in [6.45, 7) is 3.77. The first kappa shape index (κ1) is 15.6. The van der Waals surface area contributed by atoms with Crippen molar-refractivity contribution >= 4 is 11.7 Å². The van der Waals surface area contributed by atoms with Gasteiger partial charge in [-0.2, -0.15) is 0 Å². The minimum absolute atomic E-state index is 0.0441. The van der Waals surface area contributed by atoms with Crippen LogP contribution in [0.5, 0.6) is 5.75 Å². The zero-order chi connectivity index (χ0) is 15.2. The lowest BCUT2D eigenvalue weighted by molar-refractivity contribution is 0.239. The van der Waals surface area contributed by atoms with Gasteiger partial charge in [0.1, 0.15) is 11.6 Å². The highest BCUT2D eigenvalue weighted by atomic mass is 19.1. The second-order valence-electron chi connectivity index (χ2n) is 5.74. The number of carbonyl (C=O) groups excluding carboxylic acids is 1. The molecule has 0 bridgehead atoms. The molecule has 1 aromatic carbocycles. The van der Waals surface area contributed by atoms with Crippen LogP contribution in [0.4, 0.5) is 14.9 Å². The van der Waals surface area contributed by atoms with Crippen molar-refractivity contribution < 1.29 is 13.9 Å². The maximum absolute atomic E-state index is 13.4. The van der Waals surface area contributed by atoms with E-state index in [0.29, 0.717) is 11.4 Å². The number of carbonyl (C=O) groups is 1. The molecule has 0 aliphatic heterocycles. The van der Waals surface area contributed by atoms with Gasteiger partial charge in [0.2, 0.25) is 0 Å². The molecule has 1 aliphatic rings. The SMILES string of the molecule is CC(C)Oc1ccc(F)cc1NC(=O)NC1CCCCC1. The summed E-state index contributed by atoms with van der Waals surface area (Å²) in [6, 6.07) is 4.04. The van der Waals surface area contributed by atoms with E-state index in [2.05, 4.69) is 10.6 Å². The highest BCUT2D eigenvalue weighted by Gasteiger charge is 2.17. The van der Waals surface area contributed by atoms with Crippen molar-refractivity contribution in [2.45, 2.75) is 58.1 Å². The average Bonchev–Trinajstić information content (AvgIpc) is 2.42. The Bertz CT molecular complexity index is 485. The van der Waals surface area contributed by atoms with Crippen LogP contribution in [-0.2, 0) is 0 Å². The highest BCUT2D eigenvalue weighted by molar-refractivity contribution is 5.91. The number of nitrogens with one attached hydrogen (secondary N) is 2. The molecule has 1 saturated carbocycles. The van der Waals surface area contributed by atoms with E-state index in [4.69, 9.17) is 4.74 Å². The molecule has 0 unspecified atom stereocenters. The number of hydrogen-bond acceptors (Lipinski definition) is 2. The van der Waals surface area contributed by atoms with Gasteiger partial charge in [0.15, 0.2) is 0 Å². The maximum Gasteiger partial charge on any atom is 0.319 e. The number of amides is 2. The summed E-state index contributed by atoms with van der Waals surface area (Å²) in [5.41, 5.74) is 0.358. The van der Waals surface area contributed by atoms with Crippen molar-refractivity contribution in [3.05, 3.63) is 24.0 Å². The molecular formula is C16H23FN2O2. The van der Waals surface area contributed by atoms with Gasteiger partial charge in [-0.3, -0.25) is 0 Å². The van der Waals surface area contributed by atoms with Crippen LogP contribution in [0.1, 0.15) is 46.0 Å². The van der Waals surface area contributed by atoms with Gasteiger partial charge in [-0.1, -0.05) is 19.3 Å². The number of urea groups is 1. The van der Waals surface area contributed by atoms with Crippen LogP contribution in [0.2, 0.25) is 0 Å². The normalized spacial score (nSPS) is 15.8. The molecule has 21 heavy (non-hydrogen) atoms. The third-order valence-corrected chi connectivity index (χ3v) is 3.49. The first-order valence-electron chi connectivity index (χ1n) is 7.58. The lowest BCUT2D eigenvalue weighted by Gasteiger charge is -2.23. The van der Waals surface area contributed by atoms with Crippen LogP contribution >= 0.6 is 0 Å². The van der Waals surface area contributed by atoms with Crippen LogP contribution in [0.15, 0.2) is 18.2 Å². The molecule has 2 N–H and O–H groups in total. The molecule has 4 nitrogen and oxygen atoms in total. The summed E-state index contributed by atoms with van der Waals surface area (Å²) in [4.78, 5) is 12.0. The smallest absolute Gasteiger partial charge is 0.319 e. The molecule has 0 radical (unpaired) electrons. The summed E-state index contributed by atoms with van der Waals surface area (Å²) >= 11 is 0. The van der Waals surface area contributed by atoms with E-state index < -0.39 is 5.82 Å². The van der Waals surface area contributed by atoms with Crippen LogP contribution in [-0.4, -0.2) is 18.2 Å². The van der Waals surface area contributed by atoms with Gasteiger partial charge in [0.25, 0.3) is 0 Å². The summed E-state index contributed by atoms with van der Waals surface area (Å²) in [7, 11) is 0. The highest BCUT2D eigenvalue weighted by Crippen LogP contribution is 2.26. The number of ether oxygens (including phenoxy) is 1. The van der Waals surface area contributed by atoms with E-state index in [0.717, 1.165) is 25.7 Å². The molecule has 1 fully saturated rings. The fourth-order valence-electron chi connectivity index (χ4n) is 2.55. The molecule has 1 aromatic rings. The Morgan fingerprint density at radius 1 is 1.29 bits per heavy atom. The third-order valence-electron chi connectivity index (χ3n) is 3.49. The Kier molecular flexibility index (Phi) is 5.42.